The van der Waals surface area contributed by atoms with E-state index in [2.05, 4.69) is 5.32 Å². The Morgan fingerprint density at radius 1 is 0.941 bits per heavy atom. The Labute approximate surface area is 197 Å². The molecule has 0 bridgehead atoms. The van der Waals surface area contributed by atoms with Crippen molar-refractivity contribution < 1.29 is 28.8 Å². The van der Waals surface area contributed by atoms with E-state index in [1.54, 1.807) is 30.3 Å². The van der Waals surface area contributed by atoms with E-state index in [4.69, 9.17) is 16.3 Å². The number of halogens is 1. The number of ketones is 2. The molecule has 10 heteroatoms. The summed E-state index contributed by atoms with van der Waals surface area (Å²) in [6.45, 7) is 1.28. The zero-order valence-electron chi connectivity index (χ0n) is 17.5. The minimum atomic E-state index is -1.35. The fourth-order valence-corrected chi connectivity index (χ4v) is 3.78. The van der Waals surface area contributed by atoms with E-state index in [1.165, 1.54) is 31.2 Å². The van der Waals surface area contributed by atoms with E-state index in [9.17, 15) is 29.3 Å². The van der Waals surface area contributed by atoms with Crippen LogP contribution in [0.15, 0.2) is 60.7 Å². The highest BCUT2D eigenvalue weighted by molar-refractivity contribution is 6.33. The number of nitro benzene ring substituents is 1. The molecular weight excluding hydrogens is 464 g/mol. The van der Waals surface area contributed by atoms with E-state index in [0.29, 0.717) is 5.69 Å². The lowest BCUT2D eigenvalue weighted by Gasteiger charge is -2.19. The van der Waals surface area contributed by atoms with Crippen LogP contribution in [-0.4, -0.2) is 34.5 Å². The van der Waals surface area contributed by atoms with Crippen LogP contribution in [-0.2, 0) is 9.53 Å². The van der Waals surface area contributed by atoms with Gasteiger partial charge in [-0.2, -0.15) is 0 Å². The molecule has 1 unspecified atom stereocenters. The summed E-state index contributed by atoms with van der Waals surface area (Å²) in [5, 5.41) is 14.7. The Balaban J connectivity index is 1.66. The maximum atomic E-state index is 13.0. The molecule has 34 heavy (non-hydrogen) atoms. The molecule has 170 valence electrons. The van der Waals surface area contributed by atoms with Crippen molar-refractivity contribution in [2.75, 3.05) is 5.32 Å². The van der Waals surface area contributed by atoms with Crippen molar-refractivity contribution in [3.05, 3.63) is 104 Å². The van der Waals surface area contributed by atoms with Crippen LogP contribution in [0.1, 0.15) is 49.1 Å². The smallest absolute Gasteiger partial charge is 0.345 e. The molecule has 0 heterocycles. The van der Waals surface area contributed by atoms with Gasteiger partial charge in [-0.15, -0.1) is 0 Å². The highest BCUT2D eigenvalue weighted by Gasteiger charge is 2.39. The largest absolute Gasteiger partial charge is 0.449 e. The second kappa shape index (κ2) is 8.87. The van der Waals surface area contributed by atoms with Crippen LogP contribution in [0.2, 0.25) is 5.02 Å². The number of esters is 1. The number of nitrogens with zero attached hydrogens (tertiary/aromatic N) is 1. The molecule has 4 rings (SSSR count). The van der Waals surface area contributed by atoms with Crippen LogP contribution in [0.4, 0.5) is 11.4 Å². The normalized spacial score (nSPS) is 12.9. The Morgan fingerprint density at radius 3 is 2.21 bits per heavy atom. The molecule has 0 fully saturated rings. The quantitative estimate of drug-likeness (QED) is 0.258. The van der Waals surface area contributed by atoms with Crippen molar-refractivity contribution in [3.63, 3.8) is 0 Å². The number of para-hydroxylation sites is 1. The molecule has 9 nitrogen and oxygen atoms in total. The first-order chi connectivity index (χ1) is 16.2. The molecular formula is C24H15ClN2O7. The van der Waals surface area contributed by atoms with Gasteiger partial charge in [0.25, 0.3) is 11.6 Å². The monoisotopic (exact) mass is 478 g/mol. The fraction of sp³-hybridized carbons (Fsp3) is 0.0833. The SMILES string of the molecule is CC(OC(=O)c1ccc2c(c1[N+](=O)[O-])C(=O)c1ccccc1C2=O)C(=O)Nc1ccccc1Cl. The van der Waals surface area contributed by atoms with E-state index in [0.717, 1.165) is 6.07 Å². The first-order valence-electron chi connectivity index (χ1n) is 9.97. The molecule has 3 aromatic rings. The van der Waals surface area contributed by atoms with Crippen molar-refractivity contribution >= 4 is 46.4 Å². The molecule has 1 N–H and O–H groups in total. The average Bonchev–Trinajstić information content (AvgIpc) is 2.82. The van der Waals surface area contributed by atoms with Gasteiger partial charge in [-0.3, -0.25) is 24.5 Å². The number of carbonyl (C=O) groups excluding carboxylic acids is 4. The zero-order valence-corrected chi connectivity index (χ0v) is 18.3. The van der Waals surface area contributed by atoms with Crippen LogP contribution < -0.4 is 5.32 Å². The third kappa shape index (κ3) is 3.93. The van der Waals surface area contributed by atoms with Crippen LogP contribution in [0, 0.1) is 10.1 Å². The standard InChI is InChI=1S/C24H15ClN2O7/c1-12(23(30)26-18-9-5-4-8-17(18)25)34-24(31)16-11-10-15-19(20(16)27(32)33)22(29)14-7-3-2-6-13(14)21(15)28/h2-12H,1H3,(H,26,30). The van der Waals surface area contributed by atoms with Gasteiger partial charge in [0.05, 0.1) is 15.6 Å². The molecule has 1 aliphatic carbocycles. The molecule has 0 saturated carbocycles. The van der Waals surface area contributed by atoms with E-state index in [1.807, 2.05) is 0 Å². The summed E-state index contributed by atoms with van der Waals surface area (Å²) in [5.41, 5.74) is -1.67. The summed E-state index contributed by atoms with van der Waals surface area (Å²) >= 11 is 6.00. The van der Waals surface area contributed by atoms with Crippen LogP contribution >= 0.6 is 11.6 Å². The minimum absolute atomic E-state index is 0.00102. The lowest BCUT2D eigenvalue weighted by atomic mass is 9.82. The Bertz CT molecular complexity index is 1400. The molecule has 3 aromatic carbocycles. The third-order valence-corrected chi connectivity index (χ3v) is 5.58. The Hall–Kier alpha value is -4.37. The highest BCUT2D eigenvalue weighted by Crippen LogP contribution is 2.36. The van der Waals surface area contributed by atoms with Crippen molar-refractivity contribution in [1.29, 1.82) is 0 Å². The van der Waals surface area contributed by atoms with Gasteiger partial charge >= 0.3 is 5.97 Å². The van der Waals surface area contributed by atoms with Gasteiger partial charge in [0, 0.05) is 16.7 Å². The zero-order chi connectivity index (χ0) is 24.6. The number of hydrogen-bond donors (Lipinski definition) is 1. The van der Waals surface area contributed by atoms with Crippen LogP contribution in [0.5, 0.6) is 0 Å². The number of amides is 1. The summed E-state index contributed by atoms with van der Waals surface area (Å²) in [6, 6.07) is 14.6. The van der Waals surface area contributed by atoms with Gasteiger partial charge in [0.1, 0.15) is 11.1 Å². The summed E-state index contributed by atoms with van der Waals surface area (Å²) in [7, 11) is 0. The predicted molar refractivity (Wildman–Crippen MR) is 121 cm³/mol. The van der Waals surface area contributed by atoms with Gasteiger partial charge in [-0.05, 0) is 31.2 Å². The van der Waals surface area contributed by atoms with E-state index >= 15 is 0 Å². The summed E-state index contributed by atoms with van der Waals surface area (Å²) in [6.07, 6.45) is -1.35. The van der Waals surface area contributed by atoms with Crippen molar-refractivity contribution in [1.82, 2.24) is 0 Å². The van der Waals surface area contributed by atoms with Gasteiger partial charge in [0.15, 0.2) is 11.9 Å². The molecule has 0 aliphatic heterocycles. The molecule has 0 spiro atoms. The minimum Gasteiger partial charge on any atom is -0.449 e. The van der Waals surface area contributed by atoms with E-state index in [-0.39, 0.29) is 21.7 Å². The number of fused-ring (bicyclic) bond motifs is 2. The second-order valence-electron chi connectivity index (χ2n) is 7.36. The number of rotatable bonds is 5. The van der Waals surface area contributed by atoms with Crippen molar-refractivity contribution in [3.8, 4) is 0 Å². The fourth-order valence-electron chi connectivity index (χ4n) is 3.60. The first-order valence-corrected chi connectivity index (χ1v) is 10.3. The second-order valence-corrected chi connectivity index (χ2v) is 7.77. The number of nitrogens with one attached hydrogen (secondary N) is 1. The predicted octanol–water partition coefficient (Wildman–Crippen LogP) is 4.21. The molecule has 1 amide bonds. The van der Waals surface area contributed by atoms with Crippen LogP contribution in [0.3, 0.4) is 0 Å². The Kier molecular flexibility index (Phi) is 5.95. The number of nitro groups is 1. The van der Waals surface area contributed by atoms with Gasteiger partial charge in [-0.1, -0.05) is 48.0 Å². The first kappa shape index (κ1) is 22.8. The molecule has 1 atom stereocenters. The maximum absolute atomic E-state index is 13.0. The lowest BCUT2D eigenvalue weighted by Crippen LogP contribution is -2.30. The lowest BCUT2D eigenvalue weighted by molar-refractivity contribution is -0.385. The van der Waals surface area contributed by atoms with Gasteiger partial charge in [0.2, 0.25) is 5.78 Å². The molecule has 0 aromatic heterocycles. The number of anilines is 1. The summed E-state index contributed by atoms with van der Waals surface area (Å²) < 4.78 is 5.13. The molecule has 0 radical (unpaired) electrons. The highest BCUT2D eigenvalue weighted by atomic mass is 35.5. The number of hydrogen-bond acceptors (Lipinski definition) is 7. The number of ether oxygens (including phenoxy) is 1. The topological polar surface area (TPSA) is 133 Å². The van der Waals surface area contributed by atoms with Crippen molar-refractivity contribution in [2.24, 2.45) is 0 Å². The molecule has 1 aliphatic rings. The number of benzene rings is 3. The summed E-state index contributed by atoms with van der Waals surface area (Å²) in [5.74, 6) is -3.24. The van der Waals surface area contributed by atoms with Gasteiger partial charge < -0.3 is 10.1 Å². The maximum Gasteiger partial charge on any atom is 0.345 e. The summed E-state index contributed by atoms with van der Waals surface area (Å²) in [4.78, 5) is 62.1. The van der Waals surface area contributed by atoms with Crippen molar-refractivity contribution in [2.45, 2.75) is 13.0 Å². The van der Waals surface area contributed by atoms with Gasteiger partial charge in [-0.25, -0.2) is 4.79 Å². The number of carbonyl (C=O) groups is 4. The molecule has 0 saturated heterocycles. The average molecular weight is 479 g/mol. The third-order valence-electron chi connectivity index (χ3n) is 5.25. The van der Waals surface area contributed by atoms with E-state index < -0.39 is 51.3 Å². The van der Waals surface area contributed by atoms with Crippen LogP contribution in [0.25, 0.3) is 0 Å². The Morgan fingerprint density at radius 2 is 1.56 bits per heavy atom.